The molecule has 0 saturated carbocycles. The largest absolute Gasteiger partial charge is 0.324 e. The number of hydrazone groups is 1. The Kier molecular flexibility index (Phi) is 4.74. The van der Waals surface area contributed by atoms with Gasteiger partial charge in [-0.05, 0) is 47.5 Å². The van der Waals surface area contributed by atoms with Gasteiger partial charge in [0.05, 0.1) is 29.8 Å². The van der Waals surface area contributed by atoms with Crippen LogP contribution in [0.1, 0.15) is 17.2 Å². The molecular weight excluding hydrogens is 452 g/mol. The van der Waals surface area contributed by atoms with Gasteiger partial charge in [0.15, 0.2) is 0 Å². The smallest absolute Gasteiger partial charge is 0.249 e. The third kappa shape index (κ3) is 3.04. The molecule has 0 spiro atoms. The molecule has 4 atom stereocenters. The van der Waals surface area contributed by atoms with Crippen LogP contribution in [0.25, 0.3) is 0 Å². The van der Waals surface area contributed by atoms with Gasteiger partial charge >= 0.3 is 0 Å². The summed E-state index contributed by atoms with van der Waals surface area (Å²) < 4.78 is 0. The highest BCUT2D eigenvalue weighted by atomic mass is 35.5. The van der Waals surface area contributed by atoms with Crippen molar-refractivity contribution in [1.29, 1.82) is 0 Å². The molecule has 1 N–H and O–H groups in total. The van der Waals surface area contributed by atoms with Crippen molar-refractivity contribution in [2.75, 3.05) is 10.2 Å². The first-order chi connectivity index (χ1) is 16.5. The second kappa shape index (κ2) is 7.81. The number of benzene rings is 3. The molecule has 0 aliphatic carbocycles. The lowest BCUT2D eigenvalue weighted by Gasteiger charge is -2.33. The number of imide groups is 1. The molecule has 3 aliphatic heterocycles. The summed E-state index contributed by atoms with van der Waals surface area (Å²) >= 11 is 6.01. The van der Waals surface area contributed by atoms with Gasteiger partial charge in [-0.1, -0.05) is 54.1 Å². The SMILES string of the molecule is O=C(Nc1ccccc1)[C@H]1[C@H]2C(=O)N(c3ccc(Cl)cc3)C(=O)[C@H]2[C@H]2c3ccccc3C=NN21. The topological polar surface area (TPSA) is 82.1 Å². The van der Waals surface area contributed by atoms with Crippen LogP contribution in [0, 0.1) is 11.8 Å². The lowest BCUT2D eigenvalue weighted by atomic mass is 9.85. The van der Waals surface area contributed by atoms with E-state index in [2.05, 4.69) is 10.4 Å². The Morgan fingerprint density at radius 3 is 2.29 bits per heavy atom. The number of fused-ring (bicyclic) bond motifs is 5. The summed E-state index contributed by atoms with van der Waals surface area (Å²) in [4.78, 5) is 42.2. The summed E-state index contributed by atoms with van der Waals surface area (Å²) in [5.41, 5.74) is 2.80. The Balaban J connectivity index is 1.45. The Morgan fingerprint density at radius 1 is 0.853 bits per heavy atom. The molecule has 3 aromatic carbocycles. The summed E-state index contributed by atoms with van der Waals surface area (Å²) in [6.07, 6.45) is 1.68. The summed E-state index contributed by atoms with van der Waals surface area (Å²) in [5.74, 6) is -2.74. The van der Waals surface area contributed by atoms with Crippen LogP contribution in [0.15, 0.2) is 84.0 Å². The van der Waals surface area contributed by atoms with Crippen LogP contribution in [-0.2, 0) is 14.4 Å². The number of halogens is 1. The van der Waals surface area contributed by atoms with Crippen molar-refractivity contribution in [2.45, 2.75) is 12.1 Å². The van der Waals surface area contributed by atoms with Crippen molar-refractivity contribution >= 4 is 46.9 Å². The van der Waals surface area contributed by atoms with E-state index in [1.165, 1.54) is 4.90 Å². The lowest BCUT2D eigenvalue weighted by Crippen LogP contribution is -2.46. The van der Waals surface area contributed by atoms with E-state index in [0.29, 0.717) is 16.4 Å². The molecule has 0 unspecified atom stereocenters. The lowest BCUT2D eigenvalue weighted by molar-refractivity contribution is -0.129. The number of amides is 3. The molecule has 2 saturated heterocycles. The van der Waals surface area contributed by atoms with Gasteiger partial charge in [-0.2, -0.15) is 5.10 Å². The van der Waals surface area contributed by atoms with E-state index in [1.54, 1.807) is 47.6 Å². The molecule has 3 heterocycles. The normalized spacial score (nSPS) is 24.6. The molecule has 0 aromatic heterocycles. The second-order valence-corrected chi connectivity index (χ2v) is 8.97. The number of hydrogen-bond acceptors (Lipinski definition) is 5. The Hall–Kier alpha value is -3.97. The summed E-state index contributed by atoms with van der Waals surface area (Å²) in [6, 6.07) is 21.8. The minimum Gasteiger partial charge on any atom is -0.324 e. The van der Waals surface area contributed by atoms with Crippen LogP contribution >= 0.6 is 11.6 Å². The maximum atomic E-state index is 13.7. The fourth-order valence-corrected chi connectivity index (χ4v) is 5.38. The van der Waals surface area contributed by atoms with Gasteiger partial charge in [0.1, 0.15) is 6.04 Å². The van der Waals surface area contributed by atoms with Crippen LogP contribution < -0.4 is 10.2 Å². The number of nitrogens with one attached hydrogen (secondary N) is 1. The third-order valence-corrected chi connectivity index (χ3v) is 6.94. The Morgan fingerprint density at radius 2 is 1.53 bits per heavy atom. The number of para-hydroxylation sites is 1. The molecule has 3 aromatic rings. The van der Waals surface area contributed by atoms with Crippen molar-refractivity contribution in [3.8, 4) is 0 Å². The van der Waals surface area contributed by atoms with Crippen molar-refractivity contribution in [2.24, 2.45) is 16.9 Å². The minimum absolute atomic E-state index is 0.339. The third-order valence-electron chi connectivity index (χ3n) is 6.69. The van der Waals surface area contributed by atoms with E-state index in [0.717, 1.165) is 11.1 Å². The highest BCUT2D eigenvalue weighted by Crippen LogP contribution is 2.52. The number of hydrogen-bond donors (Lipinski definition) is 1. The molecule has 3 amide bonds. The average molecular weight is 471 g/mol. The highest BCUT2D eigenvalue weighted by Gasteiger charge is 2.65. The predicted octanol–water partition coefficient (Wildman–Crippen LogP) is 3.86. The summed E-state index contributed by atoms with van der Waals surface area (Å²) in [7, 11) is 0. The number of carbonyl (C=O) groups excluding carboxylic acids is 3. The van der Waals surface area contributed by atoms with Gasteiger partial charge in [-0.25, -0.2) is 4.90 Å². The monoisotopic (exact) mass is 470 g/mol. The molecule has 0 radical (unpaired) electrons. The summed E-state index contributed by atoms with van der Waals surface area (Å²) in [6.45, 7) is 0. The van der Waals surface area contributed by atoms with Gasteiger partial charge in [-0.15, -0.1) is 0 Å². The van der Waals surface area contributed by atoms with E-state index in [-0.39, 0.29) is 11.8 Å². The first kappa shape index (κ1) is 20.6. The number of anilines is 2. The quantitative estimate of drug-likeness (QED) is 0.589. The molecule has 7 nitrogen and oxygen atoms in total. The van der Waals surface area contributed by atoms with Crippen LogP contribution in [0.4, 0.5) is 11.4 Å². The first-order valence-corrected chi connectivity index (χ1v) is 11.3. The fourth-order valence-electron chi connectivity index (χ4n) is 5.25. The molecule has 0 bridgehead atoms. The van der Waals surface area contributed by atoms with E-state index in [1.807, 2.05) is 42.5 Å². The molecule has 3 aliphatic rings. The zero-order valence-corrected chi connectivity index (χ0v) is 18.6. The van der Waals surface area contributed by atoms with Gasteiger partial charge < -0.3 is 5.32 Å². The van der Waals surface area contributed by atoms with Crippen molar-refractivity contribution in [1.82, 2.24) is 5.01 Å². The minimum atomic E-state index is -0.937. The molecule has 168 valence electrons. The van der Waals surface area contributed by atoms with Crippen LogP contribution in [0.5, 0.6) is 0 Å². The van der Waals surface area contributed by atoms with E-state index >= 15 is 0 Å². The first-order valence-electron chi connectivity index (χ1n) is 10.9. The Labute approximate surface area is 200 Å². The number of rotatable bonds is 3. The summed E-state index contributed by atoms with van der Waals surface area (Å²) in [5, 5.41) is 9.58. The van der Waals surface area contributed by atoms with Crippen LogP contribution in [0.2, 0.25) is 5.02 Å². The zero-order valence-electron chi connectivity index (χ0n) is 17.8. The van der Waals surface area contributed by atoms with Crippen LogP contribution in [0.3, 0.4) is 0 Å². The standard InChI is InChI=1S/C26H19ClN4O3/c27-16-10-12-18(13-11-16)30-25(33)20-21(26(30)34)23(24(32)29-17-7-2-1-3-8-17)31-22(20)19-9-5-4-6-15(19)14-28-31/h1-14,20-23H,(H,29,32)/t20-,21+,22-,23-/m1/s1. The average Bonchev–Trinajstić information content (AvgIpc) is 3.33. The maximum Gasteiger partial charge on any atom is 0.249 e. The van der Waals surface area contributed by atoms with Gasteiger partial charge in [-0.3, -0.25) is 19.4 Å². The number of nitrogens with zero attached hydrogens (tertiary/aromatic N) is 3. The molecule has 8 heteroatoms. The number of carbonyl (C=O) groups is 3. The van der Waals surface area contributed by atoms with E-state index in [9.17, 15) is 14.4 Å². The Bertz CT molecular complexity index is 1340. The molecule has 34 heavy (non-hydrogen) atoms. The van der Waals surface area contributed by atoms with Crippen molar-refractivity contribution in [3.63, 3.8) is 0 Å². The van der Waals surface area contributed by atoms with Gasteiger partial charge in [0.2, 0.25) is 17.7 Å². The van der Waals surface area contributed by atoms with Gasteiger partial charge in [0.25, 0.3) is 0 Å². The molecular formula is C26H19ClN4O3. The molecule has 2 fully saturated rings. The van der Waals surface area contributed by atoms with Crippen molar-refractivity contribution < 1.29 is 14.4 Å². The second-order valence-electron chi connectivity index (χ2n) is 8.54. The predicted molar refractivity (Wildman–Crippen MR) is 128 cm³/mol. The highest BCUT2D eigenvalue weighted by molar-refractivity contribution is 6.31. The molecule has 6 rings (SSSR count). The van der Waals surface area contributed by atoms with E-state index in [4.69, 9.17) is 11.6 Å². The van der Waals surface area contributed by atoms with E-state index < -0.39 is 29.8 Å². The van der Waals surface area contributed by atoms with Crippen LogP contribution in [-0.4, -0.2) is 35.0 Å². The zero-order chi connectivity index (χ0) is 23.4. The maximum absolute atomic E-state index is 13.7. The fraction of sp³-hybridized carbons (Fsp3) is 0.154. The van der Waals surface area contributed by atoms with Gasteiger partial charge in [0, 0.05) is 10.7 Å². The van der Waals surface area contributed by atoms with Crippen molar-refractivity contribution in [3.05, 3.63) is 95.0 Å².